The predicted octanol–water partition coefficient (Wildman–Crippen LogP) is 4.91. The summed E-state index contributed by atoms with van der Waals surface area (Å²) in [5, 5.41) is 3.42. The fourth-order valence-electron chi connectivity index (χ4n) is 3.43. The Balaban J connectivity index is 1.63. The number of thiazole rings is 1. The Morgan fingerprint density at radius 1 is 1.09 bits per heavy atom. The minimum Gasteiger partial charge on any atom is -0.497 e. The standard InChI is InChI=1S/C24H24N4O3S/c1-15-13-17(11-12-25-15)23(29)27-24-26-21-20(31-4)10-9-19(22(21)32-24)28(2)14-16-5-7-18(30-3)8-6-16/h5-13H,14H2,1-4H3,(H,26,27,29). The molecule has 2 aromatic carbocycles. The smallest absolute Gasteiger partial charge is 0.257 e. The third kappa shape index (κ3) is 4.50. The number of aromatic nitrogens is 2. The molecule has 0 saturated carbocycles. The summed E-state index contributed by atoms with van der Waals surface area (Å²) in [6.07, 6.45) is 1.62. The molecule has 7 nitrogen and oxygen atoms in total. The van der Waals surface area contributed by atoms with Gasteiger partial charge in [-0.3, -0.25) is 15.1 Å². The van der Waals surface area contributed by atoms with Crippen LogP contribution in [0.2, 0.25) is 0 Å². The molecule has 0 aliphatic heterocycles. The number of hydrogen-bond acceptors (Lipinski definition) is 7. The van der Waals surface area contributed by atoms with E-state index in [0.717, 1.165) is 32.9 Å². The van der Waals surface area contributed by atoms with Crippen LogP contribution in [0.15, 0.2) is 54.7 Å². The summed E-state index contributed by atoms with van der Waals surface area (Å²) in [5.74, 6) is 1.27. The molecular formula is C24H24N4O3S. The number of fused-ring (bicyclic) bond motifs is 1. The molecule has 0 atom stereocenters. The van der Waals surface area contributed by atoms with Crippen molar-refractivity contribution in [1.82, 2.24) is 9.97 Å². The first kappa shape index (κ1) is 21.6. The van der Waals surface area contributed by atoms with Crippen LogP contribution >= 0.6 is 11.3 Å². The monoisotopic (exact) mass is 448 g/mol. The SMILES string of the molecule is COc1ccc(CN(C)c2ccc(OC)c3nc(NC(=O)c4ccnc(C)c4)sc23)cc1. The van der Waals surface area contributed by atoms with E-state index in [4.69, 9.17) is 9.47 Å². The topological polar surface area (TPSA) is 76.6 Å². The molecule has 0 saturated heterocycles. The quantitative estimate of drug-likeness (QED) is 0.433. The van der Waals surface area contributed by atoms with Crippen molar-refractivity contribution >= 4 is 38.3 Å². The lowest BCUT2D eigenvalue weighted by Gasteiger charge is -2.20. The van der Waals surface area contributed by atoms with Crippen molar-refractivity contribution in [1.29, 1.82) is 0 Å². The molecule has 0 radical (unpaired) electrons. The van der Waals surface area contributed by atoms with Crippen LogP contribution in [0.1, 0.15) is 21.6 Å². The maximum atomic E-state index is 12.7. The summed E-state index contributed by atoms with van der Waals surface area (Å²) in [5.41, 5.74) is 4.21. The highest BCUT2D eigenvalue weighted by molar-refractivity contribution is 7.23. The number of methoxy groups -OCH3 is 2. The zero-order valence-corrected chi connectivity index (χ0v) is 19.2. The van der Waals surface area contributed by atoms with Crippen LogP contribution in [0.5, 0.6) is 11.5 Å². The molecule has 0 fully saturated rings. The molecule has 0 bridgehead atoms. The highest BCUT2D eigenvalue weighted by atomic mass is 32.1. The summed E-state index contributed by atoms with van der Waals surface area (Å²) >= 11 is 1.43. The van der Waals surface area contributed by atoms with Crippen LogP contribution in [0.4, 0.5) is 10.8 Å². The van der Waals surface area contributed by atoms with E-state index in [1.807, 2.05) is 50.4 Å². The molecule has 164 valence electrons. The molecule has 4 aromatic rings. The number of anilines is 2. The van der Waals surface area contributed by atoms with Gasteiger partial charge in [-0.15, -0.1) is 0 Å². The molecule has 0 spiro atoms. The first-order valence-corrected chi connectivity index (χ1v) is 10.9. The van der Waals surface area contributed by atoms with Gasteiger partial charge in [-0.2, -0.15) is 0 Å². The van der Waals surface area contributed by atoms with E-state index >= 15 is 0 Å². The number of nitrogens with zero attached hydrogens (tertiary/aromatic N) is 3. The summed E-state index contributed by atoms with van der Waals surface area (Å²) in [7, 11) is 5.31. The zero-order valence-electron chi connectivity index (χ0n) is 18.4. The first-order valence-electron chi connectivity index (χ1n) is 10.0. The number of carbonyl (C=O) groups is 1. The first-order chi connectivity index (χ1) is 15.5. The van der Waals surface area contributed by atoms with E-state index in [-0.39, 0.29) is 5.91 Å². The van der Waals surface area contributed by atoms with Crippen molar-refractivity contribution < 1.29 is 14.3 Å². The Labute approximate surface area is 190 Å². The van der Waals surface area contributed by atoms with Gasteiger partial charge < -0.3 is 14.4 Å². The number of pyridine rings is 1. The fraction of sp³-hybridized carbons (Fsp3) is 0.208. The molecule has 0 aliphatic rings. The average molecular weight is 449 g/mol. The maximum Gasteiger partial charge on any atom is 0.257 e. The van der Waals surface area contributed by atoms with E-state index in [0.29, 0.717) is 23.0 Å². The number of ether oxygens (including phenoxy) is 2. The summed E-state index contributed by atoms with van der Waals surface area (Å²) < 4.78 is 11.7. The van der Waals surface area contributed by atoms with Crippen molar-refractivity contribution in [3.8, 4) is 11.5 Å². The Morgan fingerprint density at radius 2 is 1.88 bits per heavy atom. The normalized spacial score (nSPS) is 10.8. The molecule has 8 heteroatoms. The minimum absolute atomic E-state index is 0.221. The number of nitrogens with one attached hydrogen (secondary N) is 1. The number of carbonyl (C=O) groups excluding carboxylic acids is 1. The molecule has 4 rings (SSSR count). The van der Waals surface area contributed by atoms with E-state index in [9.17, 15) is 4.79 Å². The van der Waals surface area contributed by atoms with E-state index < -0.39 is 0 Å². The molecular weight excluding hydrogens is 424 g/mol. The number of benzene rings is 2. The van der Waals surface area contributed by atoms with Gasteiger partial charge in [0.05, 0.1) is 24.6 Å². The van der Waals surface area contributed by atoms with Gasteiger partial charge in [0, 0.05) is 31.0 Å². The highest BCUT2D eigenvalue weighted by Crippen LogP contribution is 2.39. The second-order valence-corrected chi connectivity index (χ2v) is 8.33. The van der Waals surface area contributed by atoms with Crippen molar-refractivity contribution in [2.75, 3.05) is 31.5 Å². The summed E-state index contributed by atoms with van der Waals surface area (Å²) in [4.78, 5) is 23.6. The Kier molecular flexibility index (Phi) is 6.23. The van der Waals surface area contributed by atoms with Gasteiger partial charge in [0.15, 0.2) is 5.13 Å². The largest absolute Gasteiger partial charge is 0.497 e. The van der Waals surface area contributed by atoms with Crippen LogP contribution < -0.4 is 19.7 Å². The van der Waals surface area contributed by atoms with Gasteiger partial charge in [0.25, 0.3) is 5.91 Å². The molecule has 2 heterocycles. The second-order valence-electron chi connectivity index (χ2n) is 7.33. The zero-order chi connectivity index (χ0) is 22.7. The van der Waals surface area contributed by atoms with Crippen molar-refractivity contribution in [3.05, 3.63) is 71.5 Å². The molecule has 2 aromatic heterocycles. The lowest BCUT2D eigenvalue weighted by Crippen LogP contribution is -2.16. The van der Waals surface area contributed by atoms with Crippen LogP contribution in [0, 0.1) is 6.92 Å². The van der Waals surface area contributed by atoms with Crippen molar-refractivity contribution in [2.45, 2.75) is 13.5 Å². The van der Waals surface area contributed by atoms with E-state index in [2.05, 4.69) is 20.2 Å². The van der Waals surface area contributed by atoms with Crippen molar-refractivity contribution in [2.24, 2.45) is 0 Å². The molecule has 1 amide bonds. The lowest BCUT2D eigenvalue weighted by atomic mass is 10.2. The lowest BCUT2D eigenvalue weighted by molar-refractivity contribution is 0.102. The third-order valence-corrected chi connectivity index (χ3v) is 6.07. The minimum atomic E-state index is -0.221. The molecule has 1 N–H and O–H groups in total. The average Bonchev–Trinajstić information content (AvgIpc) is 3.22. The summed E-state index contributed by atoms with van der Waals surface area (Å²) in [6, 6.07) is 15.3. The maximum absolute atomic E-state index is 12.7. The number of hydrogen-bond donors (Lipinski definition) is 1. The molecule has 0 unspecified atom stereocenters. The molecule has 32 heavy (non-hydrogen) atoms. The second kappa shape index (κ2) is 9.23. The van der Waals surface area contributed by atoms with E-state index in [1.54, 1.807) is 32.5 Å². The van der Waals surface area contributed by atoms with E-state index in [1.165, 1.54) is 11.3 Å². The Bertz CT molecular complexity index is 1250. The van der Waals surface area contributed by atoms with Gasteiger partial charge in [-0.25, -0.2) is 4.98 Å². The van der Waals surface area contributed by atoms with Gasteiger partial charge in [0.2, 0.25) is 0 Å². The molecule has 0 aliphatic carbocycles. The Hall–Kier alpha value is -3.65. The van der Waals surface area contributed by atoms with Gasteiger partial charge in [0.1, 0.15) is 17.0 Å². The summed E-state index contributed by atoms with van der Waals surface area (Å²) in [6.45, 7) is 2.56. The van der Waals surface area contributed by atoms with Gasteiger partial charge in [-0.1, -0.05) is 23.5 Å². The van der Waals surface area contributed by atoms with Crippen LogP contribution in [0.25, 0.3) is 10.2 Å². The van der Waals surface area contributed by atoms with Crippen molar-refractivity contribution in [3.63, 3.8) is 0 Å². The van der Waals surface area contributed by atoms with Gasteiger partial charge in [-0.05, 0) is 48.9 Å². The van der Waals surface area contributed by atoms with Crippen LogP contribution in [0.3, 0.4) is 0 Å². The van der Waals surface area contributed by atoms with Gasteiger partial charge >= 0.3 is 0 Å². The third-order valence-electron chi connectivity index (χ3n) is 5.08. The Morgan fingerprint density at radius 3 is 2.56 bits per heavy atom. The van der Waals surface area contributed by atoms with Crippen LogP contribution in [-0.2, 0) is 6.54 Å². The highest BCUT2D eigenvalue weighted by Gasteiger charge is 2.17. The fourth-order valence-corrected chi connectivity index (χ4v) is 4.48. The van der Waals surface area contributed by atoms with Crippen LogP contribution in [-0.4, -0.2) is 37.1 Å². The number of rotatable bonds is 7. The number of amides is 1. The predicted molar refractivity (Wildman–Crippen MR) is 128 cm³/mol. The number of aryl methyl sites for hydroxylation is 1.